The van der Waals surface area contributed by atoms with Crippen molar-refractivity contribution in [1.82, 2.24) is 20.0 Å². The van der Waals surface area contributed by atoms with Gasteiger partial charge in [-0.25, -0.2) is 15.0 Å². The normalized spacial score (nSPS) is 12.4. The molecule has 2 N–H and O–H groups in total. The monoisotopic (exact) mass is 450 g/mol. The first-order valence-electron chi connectivity index (χ1n) is 9.29. The zero-order chi connectivity index (χ0) is 22.9. The van der Waals surface area contributed by atoms with Gasteiger partial charge < -0.3 is 4.74 Å². The summed E-state index contributed by atoms with van der Waals surface area (Å²) in [5, 5.41) is 0.206. The number of nitrogens with one attached hydrogen (secondary N) is 2. The molecule has 2 heterocycles. The van der Waals surface area contributed by atoms with Crippen LogP contribution < -0.4 is 22.1 Å². The van der Waals surface area contributed by atoms with E-state index in [-0.39, 0.29) is 23.3 Å². The first-order valence-corrected chi connectivity index (χ1v) is 10.1. The Hall–Kier alpha value is -2.34. The second-order valence-electron chi connectivity index (χ2n) is 7.66. The van der Waals surface area contributed by atoms with Gasteiger partial charge in [0, 0.05) is 24.5 Å². The first kappa shape index (κ1) is 23.9. The van der Waals surface area contributed by atoms with Gasteiger partial charge in [0.15, 0.2) is 0 Å². The van der Waals surface area contributed by atoms with Crippen molar-refractivity contribution in [2.45, 2.75) is 72.5 Å². The van der Waals surface area contributed by atoms with Gasteiger partial charge in [-0.05, 0) is 40.2 Å². The third kappa shape index (κ3) is 5.63. The number of amides is 1. The van der Waals surface area contributed by atoms with Crippen LogP contribution in [0.3, 0.4) is 0 Å². The van der Waals surface area contributed by atoms with Gasteiger partial charge in [0.2, 0.25) is 0 Å². The second kappa shape index (κ2) is 8.80. The molecule has 0 saturated heterocycles. The predicted octanol–water partition coefficient (Wildman–Crippen LogP) is 3.03. The van der Waals surface area contributed by atoms with Crippen molar-refractivity contribution in [3.05, 3.63) is 31.3 Å². The highest BCUT2D eigenvalue weighted by atomic mass is 32.1. The van der Waals surface area contributed by atoms with Crippen LogP contribution in [-0.2, 0) is 24.4 Å². The largest absolute Gasteiger partial charge is 0.443 e. The van der Waals surface area contributed by atoms with Crippen LogP contribution in [0.2, 0.25) is 0 Å². The van der Waals surface area contributed by atoms with Crippen LogP contribution in [0.25, 0.3) is 10.2 Å². The Morgan fingerprint density at radius 1 is 1.17 bits per heavy atom. The number of aromatic nitrogens is 2. The van der Waals surface area contributed by atoms with Crippen LogP contribution in [0.4, 0.5) is 18.0 Å². The lowest BCUT2D eigenvalue weighted by Crippen LogP contribution is -2.40. The zero-order valence-electron chi connectivity index (χ0n) is 17.4. The van der Waals surface area contributed by atoms with Crippen molar-refractivity contribution in [1.29, 1.82) is 0 Å². The van der Waals surface area contributed by atoms with Crippen molar-refractivity contribution < 1.29 is 22.7 Å². The lowest BCUT2D eigenvalue weighted by atomic mass is 10.2. The van der Waals surface area contributed by atoms with Crippen molar-refractivity contribution in [2.75, 3.05) is 0 Å². The highest BCUT2D eigenvalue weighted by Crippen LogP contribution is 2.29. The van der Waals surface area contributed by atoms with Gasteiger partial charge in [-0.15, -0.1) is 11.3 Å². The third-order valence-corrected chi connectivity index (χ3v) is 5.48. The summed E-state index contributed by atoms with van der Waals surface area (Å²) in [6, 6.07) is 0. The highest BCUT2D eigenvalue weighted by molar-refractivity contribution is 7.18. The summed E-state index contributed by atoms with van der Waals surface area (Å²) in [5.41, 5.74) is 3.59. The van der Waals surface area contributed by atoms with E-state index in [0.717, 1.165) is 20.5 Å². The SMILES string of the molecule is CCn1c(=O)c2c(C)c(CNNC(=O)OC(C)(C)C)sc2n(CCC(F)(F)F)c1=O. The van der Waals surface area contributed by atoms with Crippen LogP contribution in [-0.4, -0.2) is 27.0 Å². The van der Waals surface area contributed by atoms with E-state index in [1.54, 1.807) is 34.6 Å². The minimum absolute atomic E-state index is 0.0443. The minimum atomic E-state index is -4.44. The molecule has 0 aromatic carbocycles. The van der Waals surface area contributed by atoms with E-state index in [1.165, 1.54) is 0 Å². The Bertz CT molecular complexity index is 1050. The average Bonchev–Trinajstić information content (AvgIpc) is 2.89. The number of hydrazine groups is 1. The van der Waals surface area contributed by atoms with Crippen LogP contribution >= 0.6 is 11.3 Å². The quantitative estimate of drug-likeness (QED) is 0.660. The number of halogens is 3. The fourth-order valence-electron chi connectivity index (χ4n) is 2.82. The molecule has 30 heavy (non-hydrogen) atoms. The molecule has 0 unspecified atom stereocenters. The topological polar surface area (TPSA) is 94.4 Å². The zero-order valence-corrected chi connectivity index (χ0v) is 18.2. The van der Waals surface area contributed by atoms with E-state index in [1.807, 2.05) is 0 Å². The molecule has 2 rings (SSSR count). The number of carbonyl (C=O) groups is 1. The summed E-state index contributed by atoms with van der Waals surface area (Å²) in [6.45, 7) is 7.93. The molecule has 0 radical (unpaired) electrons. The molecule has 1 amide bonds. The van der Waals surface area contributed by atoms with E-state index in [2.05, 4.69) is 10.9 Å². The lowest BCUT2D eigenvalue weighted by Gasteiger charge is -2.19. The Kier molecular flexibility index (Phi) is 7.02. The summed E-state index contributed by atoms with van der Waals surface area (Å²) in [4.78, 5) is 37.8. The molecular weight excluding hydrogens is 425 g/mol. The standard InChI is InChI=1S/C18H25F3N4O4S/c1-6-24-13(26)12-10(2)11(9-22-23-15(27)29-17(3,4)5)30-14(12)25(16(24)28)8-7-18(19,20)21/h22H,6-9H2,1-5H3,(H,23,27). The van der Waals surface area contributed by atoms with Gasteiger partial charge >= 0.3 is 18.0 Å². The number of aryl methyl sites for hydroxylation is 2. The molecule has 0 aliphatic carbocycles. The second-order valence-corrected chi connectivity index (χ2v) is 8.74. The van der Waals surface area contributed by atoms with Crippen molar-refractivity contribution >= 4 is 27.6 Å². The van der Waals surface area contributed by atoms with Crippen LogP contribution in [0.1, 0.15) is 44.6 Å². The highest BCUT2D eigenvalue weighted by Gasteiger charge is 2.28. The first-order chi connectivity index (χ1) is 13.7. The van der Waals surface area contributed by atoms with Crippen molar-refractivity contribution in [3.63, 3.8) is 0 Å². The molecule has 0 aliphatic rings. The minimum Gasteiger partial charge on any atom is -0.443 e. The van der Waals surface area contributed by atoms with E-state index < -0.39 is 42.1 Å². The molecule has 12 heteroatoms. The third-order valence-electron chi connectivity index (χ3n) is 4.17. The van der Waals surface area contributed by atoms with Crippen LogP contribution in [0, 0.1) is 6.92 Å². The van der Waals surface area contributed by atoms with Crippen LogP contribution in [0.5, 0.6) is 0 Å². The van der Waals surface area contributed by atoms with Crippen LogP contribution in [0.15, 0.2) is 9.59 Å². The molecule has 0 saturated carbocycles. The van der Waals surface area contributed by atoms with Gasteiger partial charge in [-0.1, -0.05) is 0 Å². The van der Waals surface area contributed by atoms with Gasteiger partial charge in [-0.3, -0.25) is 19.4 Å². The molecule has 2 aromatic rings. The van der Waals surface area contributed by atoms with Crippen molar-refractivity contribution in [2.24, 2.45) is 0 Å². The number of fused-ring (bicyclic) bond motifs is 1. The summed E-state index contributed by atoms with van der Waals surface area (Å²) >= 11 is 1.04. The number of ether oxygens (including phenoxy) is 1. The van der Waals surface area contributed by atoms with Gasteiger partial charge in [0.1, 0.15) is 10.4 Å². The Labute approximate surface area is 174 Å². The smallest absolute Gasteiger partial charge is 0.422 e. The molecule has 8 nitrogen and oxygen atoms in total. The van der Waals surface area contributed by atoms with E-state index in [0.29, 0.717) is 10.4 Å². The number of rotatable bonds is 6. The number of carbonyl (C=O) groups excluding carboxylic acids is 1. The Balaban J connectivity index is 2.39. The maximum Gasteiger partial charge on any atom is 0.422 e. The molecular formula is C18H25F3N4O4S. The Morgan fingerprint density at radius 2 is 1.80 bits per heavy atom. The molecule has 168 valence electrons. The maximum absolute atomic E-state index is 12.7. The molecule has 0 fully saturated rings. The Morgan fingerprint density at radius 3 is 2.33 bits per heavy atom. The molecule has 0 bridgehead atoms. The molecule has 0 spiro atoms. The molecule has 0 aliphatic heterocycles. The number of thiophene rings is 1. The summed E-state index contributed by atoms with van der Waals surface area (Å²) in [5.74, 6) is 0. The number of hydrogen-bond acceptors (Lipinski definition) is 6. The molecule has 2 aromatic heterocycles. The van der Waals surface area contributed by atoms with E-state index >= 15 is 0 Å². The van der Waals surface area contributed by atoms with Crippen molar-refractivity contribution in [3.8, 4) is 0 Å². The number of alkyl halides is 3. The van der Waals surface area contributed by atoms with Gasteiger partial charge in [0.25, 0.3) is 5.56 Å². The van der Waals surface area contributed by atoms with Gasteiger partial charge in [0.05, 0.1) is 11.8 Å². The van der Waals surface area contributed by atoms with E-state index in [9.17, 15) is 27.6 Å². The van der Waals surface area contributed by atoms with E-state index in [4.69, 9.17) is 4.74 Å². The fourth-order valence-corrected chi connectivity index (χ4v) is 4.08. The lowest BCUT2D eigenvalue weighted by molar-refractivity contribution is -0.136. The fraction of sp³-hybridized carbons (Fsp3) is 0.611. The number of nitrogens with zero attached hydrogens (tertiary/aromatic N) is 2. The van der Waals surface area contributed by atoms with Gasteiger partial charge in [-0.2, -0.15) is 13.2 Å². The summed E-state index contributed by atoms with van der Waals surface area (Å²) in [6.07, 6.45) is -6.32. The average molecular weight is 450 g/mol. The predicted molar refractivity (Wildman–Crippen MR) is 108 cm³/mol. The molecule has 0 atom stereocenters. The summed E-state index contributed by atoms with van der Waals surface area (Å²) < 4.78 is 45.2. The number of hydrogen-bond donors (Lipinski definition) is 2. The maximum atomic E-state index is 12.7. The summed E-state index contributed by atoms with van der Waals surface area (Å²) in [7, 11) is 0.